The van der Waals surface area contributed by atoms with Crippen LogP contribution >= 0.6 is 11.6 Å². The van der Waals surface area contributed by atoms with Crippen molar-refractivity contribution in [2.75, 3.05) is 0 Å². The first-order chi connectivity index (χ1) is 14.4. The number of fused-ring (bicyclic) bond motifs is 2. The van der Waals surface area contributed by atoms with E-state index in [1.54, 1.807) is 0 Å². The molecule has 2 saturated heterocycles. The molecule has 2 aliphatic rings. The third-order valence-corrected chi connectivity index (χ3v) is 6.11. The van der Waals surface area contributed by atoms with Gasteiger partial charge in [0.15, 0.2) is 12.0 Å². The lowest BCUT2D eigenvalue weighted by Gasteiger charge is -2.27. The van der Waals surface area contributed by atoms with E-state index < -0.39 is 36.4 Å². The monoisotopic (exact) mass is 429 g/mol. The van der Waals surface area contributed by atoms with Gasteiger partial charge in [-0.25, -0.2) is 9.97 Å². The Morgan fingerprint density at radius 1 is 1.20 bits per heavy atom. The van der Waals surface area contributed by atoms with Gasteiger partial charge in [-0.05, 0) is 37.5 Å². The molecule has 5 atom stereocenters. The maximum absolute atomic E-state index is 11.2. The van der Waals surface area contributed by atoms with Gasteiger partial charge in [0, 0.05) is 6.20 Å². The van der Waals surface area contributed by atoms with Crippen LogP contribution in [0.2, 0.25) is 5.15 Å². The second kappa shape index (κ2) is 7.28. The molecule has 8 heteroatoms. The molecule has 7 nitrogen and oxygen atoms in total. The van der Waals surface area contributed by atoms with Gasteiger partial charge >= 0.3 is 0 Å². The Kier molecular flexibility index (Phi) is 4.83. The van der Waals surface area contributed by atoms with Crippen molar-refractivity contribution in [1.29, 1.82) is 0 Å². The van der Waals surface area contributed by atoms with Crippen molar-refractivity contribution >= 4 is 22.6 Å². The predicted molar refractivity (Wildman–Crippen MR) is 111 cm³/mol. The summed E-state index contributed by atoms with van der Waals surface area (Å²) >= 11 is 6.22. The fourth-order valence-electron chi connectivity index (χ4n) is 4.42. The van der Waals surface area contributed by atoms with Crippen LogP contribution in [-0.4, -0.2) is 43.7 Å². The number of aryl methyl sites for hydroxylation is 1. The van der Waals surface area contributed by atoms with Crippen molar-refractivity contribution in [2.24, 2.45) is 0 Å². The number of aliphatic hydroxyl groups excluding tert-OH is 1. The molecule has 0 radical (unpaired) electrons. The van der Waals surface area contributed by atoms with Gasteiger partial charge in [0.1, 0.15) is 41.5 Å². The molecule has 0 saturated carbocycles. The minimum atomic E-state index is -0.855. The molecule has 1 unspecified atom stereocenters. The number of hydrogen-bond donors (Lipinski definition) is 1. The Hall–Kier alpha value is -2.03. The summed E-state index contributed by atoms with van der Waals surface area (Å²) in [4.78, 5) is 8.42. The maximum atomic E-state index is 11.2. The van der Waals surface area contributed by atoms with Crippen LogP contribution in [0.25, 0.3) is 11.0 Å². The number of aromatic nitrogens is 3. The second-order valence-corrected chi connectivity index (χ2v) is 8.58. The van der Waals surface area contributed by atoms with Crippen LogP contribution < -0.4 is 0 Å². The molecule has 0 spiro atoms. The lowest BCUT2D eigenvalue weighted by molar-refractivity contribution is -0.207. The minimum Gasteiger partial charge on any atom is -0.386 e. The van der Waals surface area contributed by atoms with Crippen LogP contribution in [0.4, 0.5) is 0 Å². The summed E-state index contributed by atoms with van der Waals surface area (Å²) in [6.45, 7) is 5.83. The highest BCUT2D eigenvalue weighted by molar-refractivity contribution is 6.33. The number of benzene rings is 1. The summed E-state index contributed by atoms with van der Waals surface area (Å²) in [5.41, 5.74) is 2.61. The maximum Gasteiger partial charge on any atom is 0.164 e. The predicted octanol–water partition coefficient (Wildman–Crippen LogP) is 3.80. The van der Waals surface area contributed by atoms with Crippen LogP contribution in [0.3, 0.4) is 0 Å². The Balaban J connectivity index is 1.53. The van der Waals surface area contributed by atoms with E-state index in [1.807, 2.05) is 54.9 Å². The molecular formula is C22H24ClN3O4. The molecule has 158 valence electrons. The molecule has 3 aromatic rings. The van der Waals surface area contributed by atoms with Gasteiger partial charge in [-0.2, -0.15) is 0 Å². The standard InChI is InChI=1S/C22H24ClN3O4/c1-4-12-6-5-7-13(10-12)15(27)16-17-18(30-22(2,3)29-17)21(28-16)26-9-8-14-19(23)24-11-25-20(14)26/h5-11,15-18,21,27H,4H2,1-3H3/t15?,16-,17-,18-,21-/m1/s1. The molecule has 0 aliphatic carbocycles. The summed E-state index contributed by atoms with van der Waals surface area (Å²) in [5, 5.41) is 12.3. The largest absolute Gasteiger partial charge is 0.386 e. The second-order valence-electron chi connectivity index (χ2n) is 8.22. The highest BCUT2D eigenvalue weighted by Crippen LogP contribution is 2.47. The molecule has 0 amide bonds. The molecule has 0 bridgehead atoms. The normalized spacial score (nSPS) is 28.7. The van der Waals surface area contributed by atoms with Crippen LogP contribution in [0, 0.1) is 0 Å². The average Bonchev–Trinajstić information content (AvgIpc) is 3.38. The SMILES string of the molecule is CCc1cccc(C(O)[C@H]2O[C@@H](n3ccc4c(Cl)ncnc43)[C@@H]3OC(C)(C)O[C@@H]32)c1. The molecule has 2 aliphatic heterocycles. The van der Waals surface area contributed by atoms with E-state index in [0.29, 0.717) is 10.8 Å². The van der Waals surface area contributed by atoms with Crippen LogP contribution in [-0.2, 0) is 20.6 Å². The summed E-state index contributed by atoms with van der Waals surface area (Å²) in [7, 11) is 0. The van der Waals surface area contributed by atoms with Crippen molar-refractivity contribution in [3.8, 4) is 0 Å². The number of hydrogen-bond acceptors (Lipinski definition) is 6. The average molecular weight is 430 g/mol. The van der Waals surface area contributed by atoms with Crippen LogP contribution in [0.15, 0.2) is 42.9 Å². The zero-order valence-corrected chi connectivity index (χ0v) is 17.8. The number of aliphatic hydroxyl groups is 1. The van der Waals surface area contributed by atoms with Gasteiger partial charge in [0.05, 0.1) is 5.39 Å². The first kappa shape index (κ1) is 19.9. The third-order valence-electron chi connectivity index (χ3n) is 5.81. The number of rotatable bonds is 4. The smallest absolute Gasteiger partial charge is 0.164 e. The zero-order valence-electron chi connectivity index (χ0n) is 17.0. The molecular weight excluding hydrogens is 406 g/mol. The molecule has 30 heavy (non-hydrogen) atoms. The lowest BCUT2D eigenvalue weighted by Crippen LogP contribution is -2.34. The third kappa shape index (κ3) is 3.21. The van der Waals surface area contributed by atoms with Crippen molar-refractivity contribution in [1.82, 2.24) is 14.5 Å². The fraction of sp³-hybridized carbons (Fsp3) is 0.455. The van der Waals surface area contributed by atoms with E-state index in [9.17, 15) is 5.11 Å². The Bertz CT molecular complexity index is 1090. The van der Waals surface area contributed by atoms with E-state index in [4.69, 9.17) is 25.8 Å². The summed E-state index contributed by atoms with van der Waals surface area (Å²) in [6.07, 6.45) is 1.37. The van der Waals surface area contributed by atoms with Gasteiger partial charge < -0.3 is 23.9 Å². The quantitative estimate of drug-likeness (QED) is 0.635. The number of nitrogens with zero attached hydrogens (tertiary/aromatic N) is 3. The zero-order chi connectivity index (χ0) is 21.0. The highest BCUT2D eigenvalue weighted by Gasteiger charge is 2.58. The van der Waals surface area contributed by atoms with Gasteiger partial charge in [-0.1, -0.05) is 42.8 Å². The molecule has 1 aromatic carbocycles. The van der Waals surface area contributed by atoms with Crippen molar-refractivity contribution in [2.45, 2.75) is 63.6 Å². The minimum absolute atomic E-state index is 0.380. The first-order valence-electron chi connectivity index (χ1n) is 10.1. The Morgan fingerprint density at radius 2 is 2.00 bits per heavy atom. The van der Waals surface area contributed by atoms with Gasteiger partial charge in [0.25, 0.3) is 0 Å². The van der Waals surface area contributed by atoms with Crippen molar-refractivity contribution in [3.05, 3.63) is 59.1 Å². The summed E-state index contributed by atoms with van der Waals surface area (Å²) < 4.78 is 20.6. The van der Waals surface area contributed by atoms with Gasteiger partial charge in [-0.3, -0.25) is 0 Å². The van der Waals surface area contributed by atoms with Gasteiger partial charge in [-0.15, -0.1) is 0 Å². The Labute approximate surface area is 179 Å². The molecule has 5 rings (SSSR count). The van der Waals surface area contributed by atoms with Crippen LogP contribution in [0.5, 0.6) is 0 Å². The number of halogens is 1. The highest BCUT2D eigenvalue weighted by atomic mass is 35.5. The van der Waals surface area contributed by atoms with Gasteiger partial charge in [0.2, 0.25) is 0 Å². The topological polar surface area (TPSA) is 78.6 Å². The first-order valence-corrected chi connectivity index (χ1v) is 10.5. The molecule has 2 aromatic heterocycles. The van der Waals surface area contributed by atoms with E-state index in [2.05, 4.69) is 16.9 Å². The van der Waals surface area contributed by atoms with E-state index in [1.165, 1.54) is 6.33 Å². The van der Waals surface area contributed by atoms with E-state index in [-0.39, 0.29) is 0 Å². The fourth-order valence-corrected chi connectivity index (χ4v) is 4.61. The summed E-state index contributed by atoms with van der Waals surface area (Å²) in [5.74, 6) is -0.782. The summed E-state index contributed by atoms with van der Waals surface area (Å²) in [6, 6.07) is 9.77. The van der Waals surface area contributed by atoms with Crippen molar-refractivity contribution < 1.29 is 19.3 Å². The molecule has 1 N–H and O–H groups in total. The molecule has 2 fully saturated rings. The van der Waals surface area contributed by atoms with E-state index >= 15 is 0 Å². The van der Waals surface area contributed by atoms with Crippen LogP contribution in [0.1, 0.15) is 44.2 Å². The lowest BCUT2D eigenvalue weighted by atomic mass is 9.97. The Morgan fingerprint density at radius 3 is 2.80 bits per heavy atom. The van der Waals surface area contributed by atoms with Crippen molar-refractivity contribution in [3.63, 3.8) is 0 Å². The molecule has 4 heterocycles. The number of ether oxygens (including phenoxy) is 3. The van der Waals surface area contributed by atoms with E-state index in [0.717, 1.165) is 22.9 Å².